The molecule has 162 valence electrons. The summed E-state index contributed by atoms with van der Waals surface area (Å²) in [6, 6.07) is 18.4. The summed E-state index contributed by atoms with van der Waals surface area (Å²) in [5, 5.41) is 5.75. The van der Waals surface area contributed by atoms with Crippen molar-refractivity contribution in [2.75, 3.05) is 31.5 Å². The molecule has 2 heterocycles. The predicted molar refractivity (Wildman–Crippen MR) is 126 cm³/mol. The molecule has 0 bridgehead atoms. The first-order valence-corrected chi connectivity index (χ1v) is 11.8. The van der Waals surface area contributed by atoms with Gasteiger partial charge in [-0.3, -0.25) is 9.59 Å². The number of thioether (sulfide) groups is 1. The Morgan fingerprint density at radius 1 is 1.10 bits per heavy atom. The van der Waals surface area contributed by atoms with Gasteiger partial charge in [-0.1, -0.05) is 54.2 Å². The van der Waals surface area contributed by atoms with Gasteiger partial charge in [0.25, 0.3) is 5.91 Å². The Kier molecular flexibility index (Phi) is 7.43. The third-order valence-corrected chi connectivity index (χ3v) is 6.96. The second kappa shape index (κ2) is 10.6. The van der Waals surface area contributed by atoms with Crippen molar-refractivity contribution in [3.63, 3.8) is 0 Å². The number of likely N-dealkylation sites (tertiary alicyclic amines) is 1. The molecular weight excluding hydrogens is 406 g/mol. The van der Waals surface area contributed by atoms with Crippen molar-refractivity contribution >= 4 is 29.3 Å². The van der Waals surface area contributed by atoms with E-state index >= 15 is 0 Å². The quantitative estimate of drug-likeness (QED) is 0.508. The van der Waals surface area contributed by atoms with E-state index in [1.807, 2.05) is 24.3 Å². The summed E-state index contributed by atoms with van der Waals surface area (Å²) >= 11 is 1.34. The lowest BCUT2D eigenvalue weighted by molar-refractivity contribution is -0.117. The molecule has 4 rings (SSSR count). The van der Waals surface area contributed by atoms with Crippen LogP contribution in [0.2, 0.25) is 0 Å². The maximum Gasteiger partial charge on any atom is 0.262 e. The summed E-state index contributed by atoms with van der Waals surface area (Å²) in [6.45, 7) is 3.88. The van der Waals surface area contributed by atoms with Crippen LogP contribution in [0.1, 0.15) is 24.8 Å². The highest BCUT2D eigenvalue weighted by atomic mass is 32.2. The SMILES string of the molecule is O=C(/C=C1\Sc2ccccc2NC1=O)NCCCN1CCC(Cc2ccccc2)CC1. The molecule has 0 unspecified atom stereocenters. The number of hydrogen-bond donors (Lipinski definition) is 2. The highest BCUT2D eigenvalue weighted by molar-refractivity contribution is 8.04. The van der Waals surface area contributed by atoms with Gasteiger partial charge in [0.05, 0.1) is 10.6 Å². The van der Waals surface area contributed by atoms with Gasteiger partial charge < -0.3 is 15.5 Å². The van der Waals surface area contributed by atoms with Crippen LogP contribution >= 0.6 is 11.8 Å². The highest BCUT2D eigenvalue weighted by Gasteiger charge is 2.22. The number of nitrogens with zero attached hydrogens (tertiary/aromatic N) is 1. The van der Waals surface area contributed by atoms with Crippen molar-refractivity contribution in [1.29, 1.82) is 0 Å². The van der Waals surface area contributed by atoms with Crippen LogP contribution in [-0.2, 0) is 16.0 Å². The Bertz CT molecular complexity index is 937. The number of benzene rings is 2. The van der Waals surface area contributed by atoms with E-state index in [9.17, 15) is 9.59 Å². The number of carbonyl (C=O) groups is 2. The van der Waals surface area contributed by atoms with Gasteiger partial charge in [-0.05, 0) is 68.9 Å². The molecule has 1 fully saturated rings. The van der Waals surface area contributed by atoms with Crippen LogP contribution in [0.3, 0.4) is 0 Å². The maximum absolute atomic E-state index is 12.2. The average molecular weight is 436 g/mol. The van der Waals surface area contributed by atoms with E-state index < -0.39 is 0 Å². The van der Waals surface area contributed by atoms with Gasteiger partial charge in [0.15, 0.2) is 0 Å². The van der Waals surface area contributed by atoms with Gasteiger partial charge in [0.2, 0.25) is 5.91 Å². The smallest absolute Gasteiger partial charge is 0.262 e. The molecule has 31 heavy (non-hydrogen) atoms. The van der Waals surface area contributed by atoms with Crippen LogP contribution < -0.4 is 10.6 Å². The van der Waals surface area contributed by atoms with E-state index in [4.69, 9.17) is 0 Å². The zero-order chi connectivity index (χ0) is 21.5. The van der Waals surface area contributed by atoms with E-state index in [-0.39, 0.29) is 11.8 Å². The van der Waals surface area contributed by atoms with Crippen molar-refractivity contribution in [3.8, 4) is 0 Å². The third-order valence-electron chi connectivity index (χ3n) is 5.87. The standard InChI is InChI=1S/C25H29N3O2S/c29-24(18-23-25(30)27-21-9-4-5-10-22(21)31-23)26-13-6-14-28-15-11-20(12-16-28)17-19-7-2-1-3-8-19/h1-5,7-10,18,20H,6,11-17H2,(H,26,29)(H,27,30)/b23-18-. The number of hydrogen-bond acceptors (Lipinski definition) is 4. The molecule has 2 aromatic carbocycles. The van der Waals surface area contributed by atoms with Gasteiger partial charge in [-0.25, -0.2) is 0 Å². The molecule has 2 aromatic rings. The predicted octanol–water partition coefficient (Wildman–Crippen LogP) is 4.08. The minimum atomic E-state index is -0.225. The lowest BCUT2D eigenvalue weighted by Gasteiger charge is -2.32. The second-order valence-electron chi connectivity index (χ2n) is 8.18. The van der Waals surface area contributed by atoms with E-state index in [0.29, 0.717) is 11.4 Å². The topological polar surface area (TPSA) is 61.4 Å². The van der Waals surface area contributed by atoms with Gasteiger partial charge in [-0.15, -0.1) is 0 Å². The first-order chi connectivity index (χ1) is 15.2. The molecule has 0 saturated carbocycles. The van der Waals surface area contributed by atoms with Crippen LogP contribution in [0.5, 0.6) is 0 Å². The summed E-state index contributed by atoms with van der Waals surface area (Å²) in [5.41, 5.74) is 2.23. The Balaban J connectivity index is 1.14. The lowest BCUT2D eigenvalue weighted by Crippen LogP contribution is -2.36. The van der Waals surface area contributed by atoms with Crippen LogP contribution in [-0.4, -0.2) is 42.9 Å². The monoisotopic (exact) mass is 435 g/mol. The van der Waals surface area contributed by atoms with Crippen LogP contribution in [0.4, 0.5) is 5.69 Å². The summed E-state index contributed by atoms with van der Waals surface area (Å²) in [6.07, 6.45) is 5.98. The van der Waals surface area contributed by atoms with Crippen LogP contribution in [0, 0.1) is 5.92 Å². The molecule has 2 N–H and O–H groups in total. The lowest BCUT2D eigenvalue weighted by atomic mass is 9.90. The van der Waals surface area contributed by atoms with Crippen molar-refractivity contribution in [3.05, 3.63) is 71.1 Å². The molecule has 0 atom stereocenters. The minimum Gasteiger partial charge on any atom is -0.352 e. The fraction of sp³-hybridized carbons (Fsp3) is 0.360. The molecule has 0 radical (unpaired) electrons. The molecule has 2 amide bonds. The third kappa shape index (κ3) is 6.21. The van der Waals surface area contributed by atoms with Crippen LogP contribution in [0.15, 0.2) is 70.5 Å². The first kappa shape index (κ1) is 21.7. The van der Waals surface area contributed by atoms with Gasteiger partial charge in [-0.2, -0.15) is 0 Å². The fourth-order valence-electron chi connectivity index (χ4n) is 4.15. The normalized spacial score (nSPS) is 18.5. The first-order valence-electron chi connectivity index (χ1n) is 11.0. The average Bonchev–Trinajstić information content (AvgIpc) is 2.79. The highest BCUT2D eigenvalue weighted by Crippen LogP contribution is 2.37. The van der Waals surface area contributed by atoms with E-state index in [1.165, 1.54) is 42.7 Å². The van der Waals surface area contributed by atoms with Crippen molar-refractivity contribution in [1.82, 2.24) is 10.2 Å². The molecule has 6 heteroatoms. The molecule has 0 aromatic heterocycles. The zero-order valence-corrected chi connectivity index (χ0v) is 18.5. The summed E-state index contributed by atoms with van der Waals surface area (Å²) in [5.74, 6) is 0.338. The number of nitrogens with one attached hydrogen (secondary N) is 2. The molecule has 0 aliphatic carbocycles. The molecule has 2 aliphatic rings. The summed E-state index contributed by atoms with van der Waals surface area (Å²) in [7, 11) is 0. The number of piperidine rings is 1. The number of amides is 2. The Morgan fingerprint density at radius 2 is 1.84 bits per heavy atom. The fourth-order valence-corrected chi connectivity index (χ4v) is 5.07. The van der Waals surface area contributed by atoms with Gasteiger partial charge >= 0.3 is 0 Å². The summed E-state index contributed by atoms with van der Waals surface area (Å²) < 4.78 is 0. The number of rotatable bonds is 7. The Labute approximate surface area is 188 Å². The number of para-hydroxylation sites is 1. The van der Waals surface area contributed by atoms with Crippen molar-refractivity contribution in [2.24, 2.45) is 5.92 Å². The minimum absolute atomic E-state index is 0.210. The van der Waals surface area contributed by atoms with Crippen molar-refractivity contribution < 1.29 is 9.59 Å². The summed E-state index contributed by atoms with van der Waals surface area (Å²) in [4.78, 5) is 28.3. The van der Waals surface area contributed by atoms with E-state index in [0.717, 1.165) is 42.6 Å². The number of fused-ring (bicyclic) bond motifs is 1. The molecule has 2 aliphatic heterocycles. The van der Waals surface area contributed by atoms with Crippen molar-refractivity contribution in [2.45, 2.75) is 30.6 Å². The number of carbonyl (C=O) groups excluding carboxylic acids is 2. The van der Waals surface area contributed by atoms with Gasteiger partial charge in [0.1, 0.15) is 0 Å². The molecular formula is C25H29N3O2S. The maximum atomic E-state index is 12.2. The zero-order valence-electron chi connectivity index (χ0n) is 17.7. The van der Waals surface area contributed by atoms with E-state index in [2.05, 4.69) is 45.9 Å². The molecule has 5 nitrogen and oxygen atoms in total. The molecule has 1 saturated heterocycles. The number of anilines is 1. The van der Waals surface area contributed by atoms with Gasteiger partial charge in [0, 0.05) is 17.5 Å². The Morgan fingerprint density at radius 3 is 2.65 bits per heavy atom. The second-order valence-corrected chi connectivity index (χ2v) is 9.26. The Hall–Kier alpha value is -2.57. The molecule has 0 spiro atoms. The van der Waals surface area contributed by atoms with E-state index in [1.54, 1.807) is 0 Å². The van der Waals surface area contributed by atoms with Crippen LogP contribution in [0.25, 0.3) is 0 Å². The largest absolute Gasteiger partial charge is 0.352 e.